The highest BCUT2D eigenvalue weighted by Crippen LogP contribution is 2.24. The number of carbonyl (C=O) groups excluding carboxylic acids is 1. The monoisotopic (exact) mass is 296 g/mol. The number of carbonyl (C=O) groups is 1. The Morgan fingerprint density at radius 3 is 2.95 bits per heavy atom. The van der Waals surface area contributed by atoms with Crippen LogP contribution in [-0.4, -0.2) is 31.5 Å². The van der Waals surface area contributed by atoms with E-state index in [1.54, 1.807) is 0 Å². The first kappa shape index (κ1) is 14.1. The Balaban J connectivity index is 2.09. The molecule has 1 amide bonds. The minimum atomic E-state index is -0.524. The molecule has 10 heteroatoms. The van der Waals surface area contributed by atoms with Gasteiger partial charge in [0, 0.05) is 6.07 Å². The molecule has 2 rings (SSSR count). The van der Waals surface area contributed by atoms with Crippen LogP contribution in [0.2, 0.25) is 0 Å². The molecule has 0 aliphatic rings. The molecule has 2 aromatic heterocycles. The van der Waals surface area contributed by atoms with Gasteiger partial charge >= 0.3 is 5.00 Å². The predicted octanol–water partition coefficient (Wildman–Crippen LogP) is 1.44. The average molecular weight is 296 g/mol. The molecule has 0 radical (unpaired) electrons. The number of thiophene rings is 1. The molecule has 9 nitrogen and oxygen atoms in total. The lowest BCUT2D eigenvalue weighted by Crippen LogP contribution is -2.28. The van der Waals surface area contributed by atoms with Gasteiger partial charge in [0.15, 0.2) is 5.82 Å². The van der Waals surface area contributed by atoms with E-state index in [2.05, 4.69) is 25.9 Å². The summed E-state index contributed by atoms with van der Waals surface area (Å²) in [6.45, 7) is 1.97. The molecule has 0 saturated heterocycles. The highest BCUT2D eigenvalue weighted by molar-refractivity contribution is 7.17. The van der Waals surface area contributed by atoms with Gasteiger partial charge < -0.3 is 5.32 Å². The maximum absolute atomic E-state index is 12.1. The molecule has 0 saturated carbocycles. The van der Waals surface area contributed by atoms with Crippen molar-refractivity contribution in [2.45, 2.75) is 25.8 Å². The number of tetrazole rings is 1. The molecular formula is C10H12N6O3S. The van der Waals surface area contributed by atoms with Crippen LogP contribution < -0.4 is 5.32 Å². The summed E-state index contributed by atoms with van der Waals surface area (Å²) in [4.78, 5) is 22.4. The largest absolute Gasteiger partial charge is 0.341 e. The third-order valence-electron chi connectivity index (χ3n) is 2.55. The second kappa shape index (κ2) is 6.19. The Morgan fingerprint density at radius 1 is 1.60 bits per heavy atom. The molecule has 2 aromatic rings. The molecule has 2 heterocycles. The second-order valence-electron chi connectivity index (χ2n) is 3.98. The number of hydrogen-bond acceptors (Lipinski definition) is 7. The van der Waals surface area contributed by atoms with Crippen LogP contribution in [0, 0.1) is 10.1 Å². The molecule has 0 aliphatic heterocycles. The molecule has 0 unspecified atom stereocenters. The zero-order chi connectivity index (χ0) is 14.5. The van der Waals surface area contributed by atoms with Gasteiger partial charge in [-0.3, -0.25) is 14.9 Å². The number of aromatic nitrogens is 4. The fourth-order valence-corrected chi connectivity index (χ4v) is 2.37. The van der Waals surface area contributed by atoms with Crippen molar-refractivity contribution in [2.75, 3.05) is 0 Å². The quantitative estimate of drug-likeness (QED) is 0.613. The van der Waals surface area contributed by atoms with E-state index in [0.717, 1.165) is 17.8 Å². The van der Waals surface area contributed by atoms with Crippen LogP contribution >= 0.6 is 11.3 Å². The lowest BCUT2D eigenvalue weighted by molar-refractivity contribution is -0.380. The zero-order valence-corrected chi connectivity index (χ0v) is 11.4. The third-order valence-corrected chi connectivity index (χ3v) is 3.59. The first-order chi connectivity index (χ1) is 9.61. The summed E-state index contributed by atoms with van der Waals surface area (Å²) >= 11 is 0.831. The van der Waals surface area contributed by atoms with E-state index in [9.17, 15) is 14.9 Å². The van der Waals surface area contributed by atoms with Gasteiger partial charge in [-0.1, -0.05) is 29.9 Å². The number of rotatable bonds is 6. The van der Waals surface area contributed by atoms with Crippen molar-refractivity contribution in [3.8, 4) is 0 Å². The van der Waals surface area contributed by atoms with Gasteiger partial charge in [0.2, 0.25) is 0 Å². The third kappa shape index (κ3) is 3.15. The summed E-state index contributed by atoms with van der Waals surface area (Å²) < 4.78 is 0. The van der Waals surface area contributed by atoms with Crippen molar-refractivity contribution in [3.05, 3.63) is 32.9 Å². The van der Waals surface area contributed by atoms with Crippen molar-refractivity contribution in [3.63, 3.8) is 0 Å². The number of hydrogen-bond donors (Lipinski definition) is 2. The number of amides is 1. The van der Waals surface area contributed by atoms with Gasteiger partial charge in [0.1, 0.15) is 0 Å². The Kier molecular flexibility index (Phi) is 4.35. The van der Waals surface area contributed by atoms with Gasteiger partial charge in [-0.2, -0.15) is 5.21 Å². The van der Waals surface area contributed by atoms with Gasteiger partial charge in [-0.25, -0.2) is 0 Å². The van der Waals surface area contributed by atoms with E-state index >= 15 is 0 Å². The molecule has 0 fully saturated rings. The molecule has 0 bridgehead atoms. The van der Waals surface area contributed by atoms with E-state index in [0.29, 0.717) is 12.2 Å². The van der Waals surface area contributed by atoms with Gasteiger partial charge in [-0.05, 0) is 12.5 Å². The summed E-state index contributed by atoms with van der Waals surface area (Å²) in [5.41, 5.74) is 0. The van der Waals surface area contributed by atoms with Crippen LogP contribution in [0.15, 0.2) is 12.1 Å². The van der Waals surface area contributed by atoms with Gasteiger partial charge in [0.05, 0.1) is 15.8 Å². The Labute approximate surface area is 117 Å². The predicted molar refractivity (Wildman–Crippen MR) is 70.3 cm³/mol. The molecule has 0 aromatic carbocycles. The highest BCUT2D eigenvalue weighted by Gasteiger charge is 2.21. The van der Waals surface area contributed by atoms with Crippen LogP contribution in [0.4, 0.5) is 5.00 Å². The number of H-pyrrole nitrogens is 1. The van der Waals surface area contributed by atoms with Crippen molar-refractivity contribution in [1.82, 2.24) is 25.9 Å². The summed E-state index contributed by atoms with van der Waals surface area (Å²) in [7, 11) is 0. The molecule has 0 spiro atoms. The summed E-state index contributed by atoms with van der Waals surface area (Å²) in [6.07, 6.45) is 1.48. The van der Waals surface area contributed by atoms with Crippen molar-refractivity contribution in [2.24, 2.45) is 0 Å². The zero-order valence-electron chi connectivity index (χ0n) is 10.6. The minimum Gasteiger partial charge on any atom is -0.341 e. The standard InChI is InChI=1S/C10H12N6O3S/c1-2-3-6(9-12-14-15-13-9)11-10(17)7-4-5-8(20-7)16(18)19/h4-6H,2-3H2,1H3,(H,11,17)(H,12,13,14,15)/t6-/m1/s1. The van der Waals surface area contributed by atoms with E-state index in [4.69, 9.17) is 0 Å². The maximum Gasteiger partial charge on any atom is 0.324 e. The molecule has 2 N–H and O–H groups in total. The van der Waals surface area contributed by atoms with Crippen LogP contribution in [0.1, 0.15) is 41.3 Å². The minimum absolute atomic E-state index is 0.0678. The van der Waals surface area contributed by atoms with E-state index < -0.39 is 4.92 Å². The van der Waals surface area contributed by atoms with Crippen molar-refractivity contribution < 1.29 is 9.72 Å². The van der Waals surface area contributed by atoms with Crippen molar-refractivity contribution in [1.29, 1.82) is 0 Å². The van der Waals surface area contributed by atoms with Gasteiger partial charge in [0.25, 0.3) is 5.91 Å². The number of aromatic amines is 1. The molecule has 106 valence electrons. The average Bonchev–Trinajstić information content (AvgIpc) is 3.09. The second-order valence-corrected chi connectivity index (χ2v) is 5.04. The number of nitrogens with zero attached hydrogens (tertiary/aromatic N) is 4. The Morgan fingerprint density at radius 2 is 2.40 bits per heavy atom. The lowest BCUT2D eigenvalue weighted by Gasteiger charge is -2.13. The summed E-state index contributed by atoms with van der Waals surface area (Å²) in [6, 6.07) is 2.37. The lowest BCUT2D eigenvalue weighted by atomic mass is 10.1. The number of nitro groups is 1. The fraction of sp³-hybridized carbons (Fsp3) is 0.400. The van der Waals surface area contributed by atoms with Crippen LogP contribution in [0.3, 0.4) is 0 Å². The normalized spacial score (nSPS) is 12.1. The van der Waals surface area contributed by atoms with Crippen LogP contribution in [0.5, 0.6) is 0 Å². The SMILES string of the molecule is CCC[C@@H](NC(=O)c1ccc([N+](=O)[O-])s1)c1nn[nH]n1. The van der Waals surface area contributed by atoms with Crippen LogP contribution in [0.25, 0.3) is 0 Å². The molecule has 20 heavy (non-hydrogen) atoms. The van der Waals surface area contributed by atoms with Crippen LogP contribution in [-0.2, 0) is 0 Å². The first-order valence-corrected chi connectivity index (χ1v) is 6.72. The van der Waals surface area contributed by atoms with E-state index in [-0.39, 0.29) is 21.8 Å². The van der Waals surface area contributed by atoms with E-state index in [1.165, 1.54) is 12.1 Å². The highest BCUT2D eigenvalue weighted by atomic mass is 32.1. The Bertz CT molecular complexity index is 596. The summed E-state index contributed by atoms with van der Waals surface area (Å²) in [5.74, 6) is 0.0117. The maximum atomic E-state index is 12.1. The van der Waals surface area contributed by atoms with E-state index in [1.807, 2.05) is 6.92 Å². The smallest absolute Gasteiger partial charge is 0.324 e. The Hall–Kier alpha value is -2.36. The van der Waals surface area contributed by atoms with Gasteiger partial charge in [-0.15, -0.1) is 10.2 Å². The topological polar surface area (TPSA) is 127 Å². The molecule has 0 aliphatic carbocycles. The fourth-order valence-electron chi connectivity index (χ4n) is 1.65. The molecular weight excluding hydrogens is 284 g/mol. The number of nitrogens with one attached hydrogen (secondary N) is 2. The first-order valence-electron chi connectivity index (χ1n) is 5.90. The van der Waals surface area contributed by atoms with Crippen molar-refractivity contribution >= 4 is 22.2 Å². The summed E-state index contributed by atoms with van der Waals surface area (Å²) in [5, 5.41) is 26.8. The molecule has 1 atom stereocenters.